The van der Waals surface area contributed by atoms with Gasteiger partial charge in [0.15, 0.2) is 0 Å². The van der Waals surface area contributed by atoms with Crippen LogP contribution in [0.25, 0.3) is 0 Å². The summed E-state index contributed by atoms with van der Waals surface area (Å²) in [5, 5.41) is 77.6. The molecule has 3 aromatic carbocycles. The zero-order chi connectivity index (χ0) is 45.1. The smallest absolute Gasteiger partial charge is 0.0587 e. The summed E-state index contributed by atoms with van der Waals surface area (Å²) in [4.78, 5) is 3.78. The van der Waals surface area contributed by atoms with E-state index in [-0.39, 0.29) is 70.8 Å². The zero-order valence-corrected chi connectivity index (χ0v) is 40.6. The normalized spacial score (nSPS) is 11.6. The molecule has 0 radical (unpaired) electrons. The largest absolute Gasteiger partial charge is 0.873 e. The van der Waals surface area contributed by atoms with Gasteiger partial charge < -0.3 is 30.6 Å². The quantitative estimate of drug-likeness (QED) is 0.157. The standard InChI is InChI=1S/3C14H22O2.C5H5N.C2H3N.Mo/c3*1-13(2,3)9-7-10(14(4,5)6)12(16)11(15)8-9;1-2-4-6-5-3-1;1-2-3;/h3*7-8,15-16H,1-6H3;1-5H;1H3;/p-6. The summed E-state index contributed by atoms with van der Waals surface area (Å²) < 4.78 is 0. The van der Waals surface area contributed by atoms with Crippen molar-refractivity contribution in [1.82, 2.24) is 4.98 Å². The number of nitriles is 1. The molecular weight excluding hydrogens is 808 g/mol. The molecule has 0 amide bonds. The van der Waals surface area contributed by atoms with Gasteiger partial charge in [-0.1, -0.05) is 184 Å². The van der Waals surface area contributed by atoms with E-state index in [9.17, 15) is 30.6 Å². The number of benzene rings is 3. The van der Waals surface area contributed by atoms with Crippen LogP contribution in [0, 0.1) is 11.3 Å². The molecule has 322 valence electrons. The fraction of sp³-hybridized carbons (Fsp3) is 0.510. The third kappa shape index (κ3) is 18.2. The van der Waals surface area contributed by atoms with Crippen LogP contribution in [-0.2, 0) is 53.6 Å². The molecule has 0 atom stereocenters. The zero-order valence-electron chi connectivity index (χ0n) is 38.6. The molecule has 8 nitrogen and oxygen atoms in total. The first-order valence-electron chi connectivity index (χ1n) is 19.3. The van der Waals surface area contributed by atoms with Crippen molar-refractivity contribution in [3.05, 3.63) is 100 Å². The van der Waals surface area contributed by atoms with E-state index in [0.717, 1.165) is 16.7 Å². The molecule has 0 fully saturated rings. The second-order valence-electron chi connectivity index (χ2n) is 20.3. The van der Waals surface area contributed by atoms with Gasteiger partial charge in [-0.05, 0) is 61.3 Å². The van der Waals surface area contributed by atoms with Gasteiger partial charge in [0.25, 0.3) is 0 Å². The van der Waals surface area contributed by atoms with Crippen LogP contribution in [0.5, 0.6) is 34.5 Å². The van der Waals surface area contributed by atoms with E-state index in [0.29, 0.717) is 16.7 Å². The number of aromatic nitrogens is 1. The van der Waals surface area contributed by atoms with Crippen LogP contribution in [0.4, 0.5) is 0 Å². The maximum atomic E-state index is 11.8. The third-order valence-corrected chi connectivity index (χ3v) is 8.75. The molecule has 0 bridgehead atoms. The van der Waals surface area contributed by atoms with Crippen molar-refractivity contribution in [2.24, 2.45) is 0 Å². The van der Waals surface area contributed by atoms with Crippen LogP contribution in [0.3, 0.4) is 0 Å². The molecule has 0 aliphatic rings. The van der Waals surface area contributed by atoms with Crippen LogP contribution in [0.2, 0.25) is 0 Å². The van der Waals surface area contributed by atoms with E-state index in [1.54, 1.807) is 18.5 Å². The first kappa shape index (κ1) is 55.9. The maximum absolute atomic E-state index is 11.8. The molecule has 0 N–H and O–H groups in total. The van der Waals surface area contributed by atoms with E-state index in [4.69, 9.17) is 5.26 Å². The van der Waals surface area contributed by atoms with Gasteiger partial charge in [-0.2, -0.15) is 5.26 Å². The number of rotatable bonds is 0. The van der Waals surface area contributed by atoms with Crippen molar-refractivity contribution in [2.45, 2.75) is 164 Å². The van der Waals surface area contributed by atoms with E-state index in [1.165, 1.54) is 25.1 Å². The van der Waals surface area contributed by atoms with Gasteiger partial charge in [0.1, 0.15) is 0 Å². The Kier molecular flexibility index (Phi) is 20.9. The Labute approximate surface area is 365 Å². The SMILES string of the molecule is CC#N.CC(C)(C)c1cc([O-])c([O-])c(C(C)(C)C)c1.CC(C)(C)c1cc([O-])c([O-])c(C(C)(C)C)c1.CC(C)(C)c1cc([O-])c([O-])c(C(C)(C)C)c1.[Mo].c1ccncc1. The summed E-state index contributed by atoms with van der Waals surface area (Å²) in [6.07, 6.45) is 3.50. The van der Waals surface area contributed by atoms with Crippen molar-refractivity contribution in [2.75, 3.05) is 0 Å². The minimum absolute atomic E-state index is 0. The molecule has 1 aromatic heterocycles. The van der Waals surface area contributed by atoms with Crippen molar-refractivity contribution < 1.29 is 51.7 Å². The Morgan fingerprint density at radius 2 is 0.603 bits per heavy atom. The van der Waals surface area contributed by atoms with Gasteiger partial charge in [-0.25, -0.2) is 0 Å². The van der Waals surface area contributed by atoms with Crippen LogP contribution < -0.4 is 30.6 Å². The first-order chi connectivity index (χ1) is 25.5. The first-order valence-corrected chi connectivity index (χ1v) is 19.3. The van der Waals surface area contributed by atoms with Crippen molar-refractivity contribution in [3.63, 3.8) is 0 Å². The Morgan fingerprint density at radius 1 is 0.397 bits per heavy atom. The molecule has 0 saturated heterocycles. The molecule has 0 aliphatic carbocycles. The molecule has 58 heavy (non-hydrogen) atoms. The third-order valence-electron chi connectivity index (χ3n) is 8.75. The van der Waals surface area contributed by atoms with Crippen molar-refractivity contribution in [1.29, 1.82) is 5.26 Å². The second-order valence-corrected chi connectivity index (χ2v) is 20.3. The Bertz CT molecular complexity index is 1690. The van der Waals surface area contributed by atoms with E-state index in [1.807, 2.05) is 161 Å². The molecule has 4 rings (SSSR count). The average Bonchev–Trinajstić information content (AvgIpc) is 3.03. The Balaban J connectivity index is 0. The van der Waals surface area contributed by atoms with E-state index < -0.39 is 17.2 Å². The Hall–Kier alpha value is -4.21. The predicted octanol–water partition coefficient (Wildman–Crippen LogP) is 8.90. The van der Waals surface area contributed by atoms with Gasteiger partial charge in [0.2, 0.25) is 0 Å². The molecule has 0 saturated carbocycles. The van der Waals surface area contributed by atoms with Gasteiger partial charge in [-0.3, -0.25) is 4.98 Å². The summed E-state index contributed by atoms with van der Waals surface area (Å²) in [5.74, 6) is -2.26. The van der Waals surface area contributed by atoms with Crippen LogP contribution in [0.15, 0.2) is 67.0 Å². The number of pyridine rings is 1. The van der Waals surface area contributed by atoms with Crippen molar-refractivity contribution in [3.8, 4) is 40.6 Å². The molecular formula is C49H68MoN2O6-6. The average molecular weight is 877 g/mol. The minimum atomic E-state index is -0.391. The molecule has 4 aromatic rings. The summed E-state index contributed by atoms with van der Waals surface area (Å²) >= 11 is 0. The van der Waals surface area contributed by atoms with E-state index >= 15 is 0 Å². The van der Waals surface area contributed by atoms with Gasteiger partial charge in [-0.15, -0.1) is 34.5 Å². The van der Waals surface area contributed by atoms with Gasteiger partial charge >= 0.3 is 0 Å². The Morgan fingerprint density at radius 3 is 0.724 bits per heavy atom. The monoisotopic (exact) mass is 878 g/mol. The predicted molar refractivity (Wildman–Crippen MR) is 224 cm³/mol. The summed E-state index contributed by atoms with van der Waals surface area (Å²) in [7, 11) is 0. The van der Waals surface area contributed by atoms with Gasteiger partial charge in [0.05, 0.1) is 6.07 Å². The maximum Gasteiger partial charge on any atom is 0.0587 e. The number of hydrogen-bond acceptors (Lipinski definition) is 8. The minimum Gasteiger partial charge on any atom is -0.873 e. The van der Waals surface area contributed by atoms with Crippen molar-refractivity contribution >= 4 is 0 Å². The molecule has 0 unspecified atom stereocenters. The topological polar surface area (TPSA) is 175 Å². The molecule has 0 aliphatic heterocycles. The fourth-order valence-electron chi connectivity index (χ4n) is 5.09. The molecule has 1 heterocycles. The van der Waals surface area contributed by atoms with Gasteiger partial charge in [0, 0.05) is 40.4 Å². The summed E-state index contributed by atoms with van der Waals surface area (Å²) in [5.41, 5.74) is 3.49. The van der Waals surface area contributed by atoms with Crippen LogP contribution in [-0.4, -0.2) is 4.98 Å². The molecule has 9 heteroatoms. The van der Waals surface area contributed by atoms with Crippen LogP contribution in [0.1, 0.15) is 165 Å². The second kappa shape index (κ2) is 21.7. The number of nitrogens with zero attached hydrogens (tertiary/aromatic N) is 2. The fourth-order valence-corrected chi connectivity index (χ4v) is 5.09. The van der Waals surface area contributed by atoms with E-state index in [2.05, 4.69) is 4.98 Å². The molecule has 0 spiro atoms. The van der Waals surface area contributed by atoms with Crippen LogP contribution >= 0.6 is 0 Å². The number of hydrogen-bond donors (Lipinski definition) is 0. The summed E-state index contributed by atoms with van der Waals surface area (Å²) in [6.45, 7) is 37.4. The summed E-state index contributed by atoms with van der Waals surface area (Å²) in [6, 6.07) is 17.5.